The fraction of sp³-hybridized carbons (Fsp3) is 0.192. The smallest absolute Gasteiger partial charge is 0.237 e. The number of hydrogen-bond donors (Lipinski definition) is 1. The maximum Gasteiger partial charge on any atom is 0.237 e. The molecule has 4 aromatic rings. The molecule has 1 aliphatic heterocycles. The minimum Gasteiger partial charge on any atom is -0.326 e. The van der Waals surface area contributed by atoms with Gasteiger partial charge in [-0.2, -0.15) is 0 Å². The lowest BCUT2D eigenvalue weighted by Gasteiger charge is -2.29. The summed E-state index contributed by atoms with van der Waals surface area (Å²) in [5, 5.41) is 3.54. The first-order chi connectivity index (χ1) is 15.5. The van der Waals surface area contributed by atoms with Gasteiger partial charge in [-0.25, -0.2) is 4.98 Å². The maximum atomic E-state index is 14.0. The summed E-state index contributed by atoms with van der Waals surface area (Å²) < 4.78 is 1.08. The van der Waals surface area contributed by atoms with E-state index in [0.29, 0.717) is 17.4 Å². The van der Waals surface area contributed by atoms with E-state index in [1.807, 2.05) is 54.6 Å². The van der Waals surface area contributed by atoms with Crippen molar-refractivity contribution in [3.8, 4) is 0 Å². The maximum absolute atomic E-state index is 14.0. The molecule has 5 nitrogen and oxygen atoms in total. The fourth-order valence-electron chi connectivity index (χ4n) is 4.31. The first-order valence-electron chi connectivity index (χ1n) is 10.6. The zero-order valence-electron chi connectivity index (χ0n) is 18.0. The van der Waals surface area contributed by atoms with Gasteiger partial charge in [0, 0.05) is 12.1 Å². The van der Waals surface area contributed by atoms with Crippen LogP contribution in [-0.4, -0.2) is 16.8 Å². The van der Waals surface area contributed by atoms with E-state index in [2.05, 4.69) is 31.3 Å². The van der Waals surface area contributed by atoms with E-state index in [0.717, 1.165) is 32.5 Å². The third-order valence-corrected chi connectivity index (χ3v) is 7.02. The lowest BCUT2D eigenvalue weighted by Crippen LogP contribution is -2.38. The highest BCUT2D eigenvalue weighted by molar-refractivity contribution is 7.22. The van der Waals surface area contributed by atoms with E-state index in [1.54, 1.807) is 4.90 Å². The lowest BCUT2D eigenvalue weighted by atomic mass is 9.89. The van der Waals surface area contributed by atoms with Crippen LogP contribution >= 0.6 is 11.3 Å². The van der Waals surface area contributed by atoms with Crippen molar-refractivity contribution in [2.45, 2.75) is 32.7 Å². The third-order valence-electron chi connectivity index (χ3n) is 5.79. The Morgan fingerprint density at radius 3 is 2.66 bits per heavy atom. The van der Waals surface area contributed by atoms with Crippen molar-refractivity contribution in [2.24, 2.45) is 0 Å². The Kier molecular flexibility index (Phi) is 5.23. The Balaban J connectivity index is 1.60. The Bertz CT molecular complexity index is 1330. The number of hydrogen-bond acceptors (Lipinski definition) is 4. The number of benzene rings is 3. The molecule has 0 radical (unpaired) electrons. The van der Waals surface area contributed by atoms with Crippen LogP contribution in [0.5, 0.6) is 0 Å². The lowest BCUT2D eigenvalue weighted by molar-refractivity contribution is -0.124. The average Bonchev–Trinajstić information content (AvgIpc) is 3.21. The molecule has 6 heteroatoms. The number of anilines is 2. The Hall–Kier alpha value is -3.51. The van der Waals surface area contributed by atoms with Crippen molar-refractivity contribution in [3.63, 3.8) is 0 Å². The molecular weight excluding hydrogens is 418 g/mol. The van der Waals surface area contributed by atoms with E-state index >= 15 is 0 Å². The number of fused-ring (bicyclic) bond motifs is 2. The Labute approximate surface area is 190 Å². The first-order valence-corrected chi connectivity index (χ1v) is 11.4. The minimum absolute atomic E-state index is 0.107. The monoisotopic (exact) mass is 441 g/mol. The highest BCUT2D eigenvalue weighted by Gasteiger charge is 2.35. The molecule has 160 valence electrons. The predicted molar refractivity (Wildman–Crippen MR) is 129 cm³/mol. The van der Waals surface area contributed by atoms with Crippen molar-refractivity contribution in [2.75, 3.05) is 10.2 Å². The van der Waals surface area contributed by atoms with E-state index < -0.39 is 5.92 Å². The fourth-order valence-corrected chi connectivity index (χ4v) is 5.33. The van der Waals surface area contributed by atoms with Crippen LogP contribution in [-0.2, 0) is 16.1 Å². The average molecular weight is 442 g/mol. The highest BCUT2D eigenvalue weighted by Crippen LogP contribution is 2.38. The molecule has 0 bridgehead atoms. The van der Waals surface area contributed by atoms with Crippen LogP contribution in [0.2, 0.25) is 0 Å². The van der Waals surface area contributed by atoms with Crippen LogP contribution in [0.3, 0.4) is 0 Å². The largest absolute Gasteiger partial charge is 0.326 e. The van der Waals surface area contributed by atoms with Gasteiger partial charge in [0.1, 0.15) is 0 Å². The molecule has 0 aliphatic carbocycles. The number of para-hydroxylation sites is 1. The molecule has 1 unspecified atom stereocenters. The van der Waals surface area contributed by atoms with Gasteiger partial charge in [-0.3, -0.25) is 14.5 Å². The number of nitrogens with one attached hydrogen (secondary N) is 1. The van der Waals surface area contributed by atoms with Crippen molar-refractivity contribution in [3.05, 3.63) is 89.0 Å². The van der Waals surface area contributed by atoms with E-state index in [4.69, 9.17) is 4.98 Å². The molecule has 0 fully saturated rings. The molecule has 1 N–H and O–H groups in total. The van der Waals surface area contributed by atoms with Crippen LogP contribution in [0.1, 0.15) is 34.6 Å². The van der Waals surface area contributed by atoms with Crippen LogP contribution in [0, 0.1) is 13.8 Å². The highest BCUT2D eigenvalue weighted by atomic mass is 32.1. The standard InChI is InChI=1S/C26H23N3O2S/c1-16-12-17(2)24-22(13-16)28-26(32-24)29(15-18-8-4-3-5-9-18)25(31)20-14-23(30)27-21-11-7-6-10-19(20)21/h3-13,20H,14-15H2,1-2H3,(H,27,30). The number of aromatic nitrogens is 1. The van der Waals surface area contributed by atoms with Gasteiger partial charge in [0.2, 0.25) is 11.8 Å². The van der Waals surface area contributed by atoms with Crippen LogP contribution in [0.4, 0.5) is 10.8 Å². The van der Waals surface area contributed by atoms with Crippen molar-refractivity contribution in [1.29, 1.82) is 0 Å². The van der Waals surface area contributed by atoms with Crippen LogP contribution < -0.4 is 10.2 Å². The first kappa shape index (κ1) is 20.4. The number of thiazole rings is 1. The molecular formula is C26H23N3O2S. The summed E-state index contributed by atoms with van der Waals surface area (Å²) in [7, 11) is 0. The van der Waals surface area contributed by atoms with Gasteiger partial charge < -0.3 is 5.32 Å². The zero-order valence-corrected chi connectivity index (χ0v) is 18.8. The Morgan fingerprint density at radius 2 is 1.84 bits per heavy atom. The Morgan fingerprint density at radius 1 is 1.09 bits per heavy atom. The second-order valence-electron chi connectivity index (χ2n) is 8.23. The van der Waals surface area contributed by atoms with Gasteiger partial charge in [-0.15, -0.1) is 0 Å². The summed E-state index contributed by atoms with van der Waals surface area (Å²) >= 11 is 1.53. The number of nitrogens with zero attached hydrogens (tertiary/aromatic N) is 2. The van der Waals surface area contributed by atoms with Crippen LogP contribution in [0.15, 0.2) is 66.7 Å². The van der Waals surface area contributed by atoms with Gasteiger partial charge in [0.05, 0.1) is 22.7 Å². The molecule has 3 aromatic carbocycles. The van der Waals surface area contributed by atoms with Gasteiger partial charge >= 0.3 is 0 Å². The predicted octanol–water partition coefficient (Wildman–Crippen LogP) is 5.57. The van der Waals surface area contributed by atoms with Gasteiger partial charge in [0.25, 0.3) is 0 Å². The molecule has 5 rings (SSSR count). The zero-order chi connectivity index (χ0) is 22.2. The molecule has 0 saturated heterocycles. The van der Waals surface area contributed by atoms with Crippen LogP contribution in [0.25, 0.3) is 10.2 Å². The van der Waals surface area contributed by atoms with E-state index in [-0.39, 0.29) is 18.2 Å². The molecule has 1 aromatic heterocycles. The second kappa shape index (κ2) is 8.20. The van der Waals surface area contributed by atoms with Crippen molar-refractivity contribution >= 4 is 44.2 Å². The molecule has 2 heterocycles. The number of carbonyl (C=O) groups excluding carboxylic acids is 2. The molecule has 1 atom stereocenters. The summed E-state index contributed by atoms with van der Waals surface area (Å²) in [5.41, 5.74) is 5.77. The molecule has 32 heavy (non-hydrogen) atoms. The van der Waals surface area contributed by atoms with E-state index in [1.165, 1.54) is 11.3 Å². The number of aryl methyl sites for hydroxylation is 2. The molecule has 0 saturated carbocycles. The summed E-state index contributed by atoms with van der Waals surface area (Å²) in [6.45, 7) is 4.52. The van der Waals surface area contributed by atoms with Gasteiger partial charge in [-0.1, -0.05) is 65.9 Å². The topological polar surface area (TPSA) is 62.3 Å². The summed E-state index contributed by atoms with van der Waals surface area (Å²) in [6, 6.07) is 21.6. The van der Waals surface area contributed by atoms with Crippen molar-refractivity contribution < 1.29 is 9.59 Å². The minimum atomic E-state index is -0.543. The molecule has 1 aliphatic rings. The van der Waals surface area contributed by atoms with E-state index in [9.17, 15) is 9.59 Å². The second-order valence-corrected chi connectivity index (χ2v) is 9.21. The summed E-state index contributed by atoms with van der Waals surface area (Å²) in [4.78, 5) is 32.9. The SMILES string of the molecule is Cc1cc(C)c2sc(N(Cc3ccccc3)C(=O)C3CC(=O)Nc4ccccc43)nc2c1. The number of carbonyl (C=O) groups is 2. The molecule has 2 amide bonds. The normalized spacial score (nSPS) is 15.3. The van der Waals surface area contributed by atoms with Crippen molar-refractivity contribution in [1.82, 2.24) is 4.98 Å². The number of amides is 2. The molecule has 0 spiro atoms. The van der Waals surface area contributed by atoms with Gasteiger partial charge in [0.15, 0.2) is 5.13 Å². The number of rotatable bonds is 4. The third kappa shape index (κ3) is 3.78. The quantitative estimate of drug-likeness (QED) is 0.450. The summed E-state index contributed by atoms with van der Waals surface area (Å²) in [5.74, 6) is -0.791. The van der Waals surface area contributed by atoms with Gasteiger partial charge in [-0.05, 0) is 48.2 Å². The summed E-state index contributed by atoms with van der Waals surface area (Å²) in [6.07, 6.45) is 0.129.